The lowest BCUT2D eigenvalue weighted by Gasteiger charge is -2.07. The Morgan fingerprint density at radius 2 is 1.71 bits per heavy atom. The third-order valence-corrected chi connectivity index (χ3v) is 4.29. The molecular formula is C17H18N2O4S. The van der Waals surface area contributed by atoms with Crippen molar-refractivity contribution in [3.05, 3.63) is 60.2 Å². The predicted octanol–water partition coefficient (Wildman–Crippen LogP) is 2.56. The quantitative estimate of drug-likeness (QED) is 0.495. The number of hydrazone groups is 1. The Labute approximate surface area is 141 Å². The van der Waals surface area contributed by atoms with Crippen LogP contribution in [-0.2, 0) is 14.9 Å². The highest BCUT2D eigenvalue weighted by Gasteiger charge is 2.15. The number of benzene rings is 2. The zero-order valence-corrected chi connectivity index (χ0v) is 14.2. The van der Waals surface area contributed by atoms with E-state index < -0.39 is 10.1 Å². The molecule has 2 aromatic rings. The van der Waals surface area contributed by atoms with Gasteiger partial charge in [-0.05, 0) is 42.0 Å². The third-order valence-electron chi connectivity index (χ3n) is 3.03. The maximum atomic E-state index is 12.1. The summed E-state index contributed by atoms with van der Waals surface area (Å²) in [6.07, 6.45) is 1.47. The smallest absolute Gasteiger partial charge is 0.339 e. The summed E-state index contributed by atoms with van der Waals surface area (Å²) < 4.78 is 29.3. The van der Waals surface area contributed by atoms with E-state index >= 15 is 0 Å². The van der Waals surface area contributed by atoms with E-state index in [-0.39, 0.29) is 22.5 Å². The summed E-state index contributed by atoms with van der Waals surface area (Å²) in [5.74, 6) is -0.136. The molecule has 126 valence electrons. The fourth-order valence-electron chi connectivity index (χ4n) is 1.67. The first-order valence-corrected chi connectivity index (χ1v) is 8.72. The van der Waals surface area contributed by atoms with Crippen LogP contribution in [0.15, 0.2) is 64.6 Å². The van der Waals surface area contributed by atoms with Gasteiger partial charge in [0.25, 0.3) is 0 Å². The minimum Gasteiger partial charge on any atom is -0.379 e. The van der Waals surface area contributed by atoms with E-state index in [0.29, 0.717) is 5.56 Å². The van der Waals surface area contributed by atoms with E-state index in [4.69, 9.17) is 4.18 Å². The van der Waals surface area contributed by atoms with Gasteiger partial charge in [-0.15, -0.1) is 0 Å². The van der Waals surface area contributed by atoms with Crippen LogP contribution in [0.5, 0.6) is 5.75 Å². The molecule has 0 aliphatic heterocycles. The van der Waals surface area contributed by atoms with Crippen molar-refractivity contribution >= 4 is 22.2 Å². The average Bonchev–Trinajstić information content (AvgIpc) is 2.57. The molecule has 0 aromatic heterocycles. The molecule has 0 atom stereocenters. The van der Waals surface area contributed by atoms with Gasteiger partial charge in [-0.1, -0.05) is 32.0 Å². The molecule has 6 nitrogen and oxygen atoms in total. The largest absolute Gasteiger partial charge is 0.379 e. The lowest BCUT2D eigenvalue weighted by molar-refractivity contribution is -0.123. The van der Waals surface area contributed by atoms with E-state index in [1.165, 1.54) is 30.5 Å². The summed E-state index contributed by atoms with van der Waals surface area (Å²) >= 11 is 0. The van der Waals surface area contributed by atoms with Crippen LogP contribution in [0.4, 0.5) is 0 Å². The van der Waals surface area contributed by atoms with Crippen LogP contribution in [-0.4, -0.2) is 20.5 Å². The number of carbonyl (C=O) groups is 1. The lowest BCUT2D eigenvalue weighted by Crippen LogP contribution is -2.22. The summed E-state index contributed by atoms with van der Waals surface area (Å²) in [5.41, 5.74) is 3.11. The summed E-state index contributed by atoms with van der Waals surface area (Å²) in [4.78, 5) is 11.5. The van der Waals surface area contributed by atoms with Crippen LogP contribution in [0.2, 0.25) is 0 Å². The molecule has 2 aromatic carbocycles. The first kappa shape index (κ1) is 17.7. The second-order valence-corrected chi connectivity index (χ2v) is 6.85. The number of nitrogens with one attached hydrogen (secondary N) is 1. The molecule has 24 heavy (non-hydrogen) atoms. The molecule has 0 aliphatic rings. The van der Waals surface area contributed by atoms with E-state index in [1.807, 2.05) is 0 Å². The molecule has 0 saturated heterocycles. The molecule has 0 spiro atoms. The first-order chi connectivity index (χ1) is 11.4. The highest BCUT2D eigenvalue weighted by molar-refractivity contribution is 7.87. The lowest BCUT2D eigenvalue weighted by atomic mass is 10.2. The van der Waals surface area contributed by atoms with E-state index in [0.717, 1.165) is 0 Å². The summed E-state index contributed by atoms with van der Waals surface area (Å²) in [5, 5.41) is 3.83. The van der Waals surface area contributed by atoms with Gasteiger partial charge in [0.1, 0.15) is 10.6 Å². The second kappa shape index (κ2) is 7.74. The van der Waals surface area contributed by atoms with Crippen LogP contribution in [0.3, 0.4) is 0 Å². The molecular weight excluding hydrogens is 328 g/mol. The number of amides is 1. The van der Waals surface area contributed by atoms with Gasteiger partial charge in [-0.3, -0.25) is 4.79 Å². The topological polar surface area (TPSA) is 84.8 Å². The first-order valence-electron chi connectivity index (χ1n) is 7.31. The van der Waals surface area contributed by atoms with Gasteiger partial charge in [-0.2, -0.15) is 13.5 Å². The molecule has 0 fully saturated rings. The van der Waals surface area contributed by atoms with Crippen LogP contribution in [0, 0.1) is 5.92 Å². The molecule has 0 radical (unpaired) electrons. The van der Waals surface area contributed by atoms with Crippen molar-refractivity contribution in [1.82, 2.24) is 5.43 Å². The van der Waals surface area contributed by atoms with E-state index in [9.17, 15) is 13.2 Å². The van der Waals surface area contributed by atoms with Crippen molar-refractivity contribution in [2.24, 2.45) is 11.0 Å². The van der Waals surface area contributed by atoms with Gasteiger partial charge in [0, 0.05) is 5.92 Å². The summed E-state index contributed by atoms with van der Waals surface area (Å²) in [7, 11) is -3.85. The zero-order chi connectivity index (χ0) is 17.6. The normalized spacial score (nSPS) is 11.6. The number of hydrogen-bond donors (Lipinski definition) is 1. The number of hydrogen-bond acceptors (Lipinski definition) is 5. The number of nitrogens with zero attached hydrogens (tertiary/aromatic N) is 1. The maximum Gasteiger partial charge on any atom is 0.339 e. The van der Waals surface area contributed by atoms with Crippen LogP contribution < -0.4 is 9.61 Å². The van der Waals surface area contributed by atoms with Gasteiger partial charge in [0.2, 0.25) is 5.91 Å². The minimum absolute atomic E-state index is 0.0898. The van der Waals surface area contributed by atoms with Gasteiger partial charge < -0.3 is 4.18 Å². The number of rotatable bonds is 6. The third kappa shape index (κ3) is 4.92. The summed E-state index contributed by atoms with van der Waals surface area (Å²) in [6.45, 7) is 3.54. The molecule has 2 rings (SSSR count). The Kier molecular flexibility index (Phi) is 5.70. The van der Waals surface area contributed by atoms with Crippen molar-refractivity contribution in [3.63, 3.8) is 0 Å². The minimum atomic E-state index is -3.85. The molecule has 0 saturated carbocycles. The Morgan fingerprint density at radius 3 is 2.29 bits per heavy atom. The molecule has 0 aliphatic carbocycles. The fourth-order valence-corrected chi connectivity index (χ4v) is 2.62. The molecule has 7 heteroatoms. The maximum absolute atomic E-state index is 12.1. The van der Waals surface area contributed by atoms with Crippen molar-refractivity contribution < 1.29 is 17.4 Å². The SMILES string of the molecule is CC(C)C(=O)NN=Cc1ccc(OS(=O)(=O)c2ccccc2)cc1. The molecule has 0 heterocycles. The predicted molar refractivity (Wildman–Crippen MR) is 91.3 cm³/mol. The van der Waals surface area contributed by atoms with Crippen molar-refractivity contribution in [1.29, 1.82) is 0 Å². The zero-order valence-electron chi connectivity index (χ0n) is 13.3. The molecule has 1 amide bonds. The molecule has 1 N–H and O–H groups in total. The fraction of sp³-hybridized carbons (Fsp3) is 0.176. The van der Waals surface area contributed by atoms with Crippen molar-refractivity contribution in [2.45, 2.75) is 18.7 Å². The van der Waals surface area contributed by atoms with Gasteiger partial charge >= 0.3 is 10.1 Å². The van der Waals surface area contributed by atoms with Crippen LogP contribution in [0.25, 0.3) is 0 Å². The van der Waals surface area contributed by atoms with Gasteiger partial charge in [0.15, 0.2) is 0 Å². The highest BCUT2D eigenvalue weighted by atomic mass is 32.2. The van der Waals surface area contributed by atoms with E-state index in [2.05, 4.69) is 10.5 Å². The number of carbonyl (C=O) groups excluding carboxylic acids is 1. The van der Waals surface area contributed by atoms with Crippen molar-refractivity contribution in [2.75, 3.05) is 0 Å². The Bertz CT molecular complexity index is 813. The monoisotopic (exact) mass is 346 g/mol. The Balaban J connectivity index is 2.02. The van der Waals surface area contributed by atoms with Gasteiger partial charge in [0.05, 0.1) is 6.21 Å². The van der Waals surface area contributed by atoms with Crippen molar-refractivity contribution in [3.8, 4) is 5.75 Å². The standard InChI is InChI=1S/C17H18N2O4S/c1-13(2)17(20)19-18-12-14-8-10-15(11-9-14)23-24(21,22)16-6-4-3-5-7-16/h3-13H,1-2H3,(H,19,20). The van der Waals surface area contributed by atoms with Crippen LogP contribution >= 0.6 is 0 Å². The molecule has 0 unspecified atom stereocenters. The highest BCUT2D eigenvalue weighted by Crippen LogP contribution is 2.18. The Hall–Kier alpha value is -2.67. The van der Waals surface area contributed by atoms with E-state index in [1.54, 1.807) is 44.2 Å². The average molecular weight is 346 g/mol. The Morgan fingerprint density at radius 1 is 1.08 bits per heavy atom. The van der Waals surface area contributed by atoms with Crippen LogP contribution in [0.1, 0.15) is 19.4 Å². The van der Waals surface area contributed by atoms with Gasteiger partial charge in [-0.25, -0.2) is 5.43 Å². The summed E-state index contributed by atoms with van der Waals surface area (Å²) in [6, 6.07) is 14.2. The second-order valence-electron chi connectivity index (χ2n) is 5.31. The molecule has 0 bridgehead atoms.